The van der Waals surface area contributed by atoms with Crippen molar-refractivity contribution < 1.29 is 4.39 Å². The SMILES string of the molecule is C=C(N)c1cc(-c2n[nH]c(-c3c(F)c(C)nn3CC)n2)c2cnc(C)n2c1. The molecule has 4 aromatic heterocycles. The van der Waals surface area contributed by atoms with Crippen LogP contribution in [0.3, 0.4) is 0 Å². The number of nitrogens with zero attached hydrogens (tertiary/aromatic N) is 6. The first kappa shape index (κ1) is 17.0. The van der Waals surface area contributed by atoms with Gasteiger partial charge in [0.1, 0.15) is 11.5 Å². The monoisotopic (exact) mass is 366 g/mol. The fourth-order valence-electron chi connectivity index (χ4n) is 3.08. The number of nitrogens with one attached hydrogen (secondary N) is 1. The minimum absolute atomic E-state index is 0.286. The van der Waals surface area contributed by atoms with Crippen molar-refractivity contribution in [1.82, 2.24) is 34.3 Å². The zero-order valence-electron chi connectivity index (χ0n) is 15.3. The van der Waals surface area contributed by atoms with Crippen molar-refractivity contribution in [3.63, 3.8) is 0 Å². The second-order valence-corrected chi connectivity index (χ2v) is 6.30. The summed E-state index contributed by atoms with van der Waals surface area (Å²) >= 11 is 0. The minimum atomic E-state index is -0.408. The van der Waals surface area contributed by atoms with E-state index in [4.69, 9.17) is 5.73 Å². The number of aromatic nitrogens is 7. The predicted octanol–water partition coefficient (Wildman–Crippen LogP) is 2.69. The summed E-state index contributed by atoms with van der Waals surface area (Å²) in [5.74, 6) is 1.13. The van der Waals surface area contributed by atoms with Gasteiger partial charge in [-0.15, -0.1) is 0 Å². The fraction of sp³-hybridized carbons (Fsp3) is 0.222. The summed E-state index contributed by atoms with van der Waals surface area (Å²) in [6.07, 6.45) is 3.61. The Morgan fingerprint density at radius 1 is 1.37 bits per heavy atom. The number of H-pyrrole nitrogens is 1. The van der Waals surface area contributed by atoms with Gasteiger partial charge in [0, 0.05) is 29.6 Å². The van der Waals surface area contributed by atoms with Crippen LogP contribution in [0.15, 0.2) is 25.0 Å². The van der Waals surface area contributed by atoms with Gasteiger partial charge in [-0.05, 0) is 26.8 Å². The molecule has 3 N–H and O–H groups in total. The molecule has 9 heteroatoms. The summed E-state index contributed by atoms with van der Waals surface area (Å²) in [6, 6.07) is 1.85. The third-order valence-corrected chi connectivity index (χ3v) is 4.50. The molecule has 138 valence electrons. The lowest BCUT2D eigenvalue weighted by Crippen LogP contribution is -2.01. The largest absolute Gasteiger partial charge is 0.399 e. The molecule has 0 radical (unpaired) electrons. The Kier molecular flexibility index (Phi) is 3.79. The summed E-state index contributed by atoms with van der Waals surface area (Å²) in [6.45, 7) is 9.73. The van der Waals surface area contributed by atoms with Gasteiger partial charge in [0.2, 0.25) is 0 Å². The number of halogens is 1. The van der Waals surface area contributed by atoms with Crippen LogP contribution < -0.4 is 5.73 Å². The van der Waals surface area contributed by atoms with Crippen molar-refractivity contribution >= 4 is 11.2 Å². The predicted molar refractivity (Wildman–Crippen MR) is 100 cm³/mol. The Balaban J connectivity index is 1.91. The lowest BCUT2D eigenvalue weighted by atomic mass is 10.1. The number of imidazole rings is 1. The van der Waals surface area contributed by atoms with Crippen molar-refractivity contribution in [3.05, 3.63) is 47.9 Å². The maximum absolute atomic E-state index is 14.5. The molecule has 4 heterocycles. The maximum atomic E-state index is 14.5. The maximum Gasteiger partial charge on any atom is 0.183 e. The Morgan fingerprint density at radius 3 is 2.85 bits per heavy atom. The normalized spacial score (nSPS) is 11.4. The van der Waals surface area contributed by atoms with Crippen LogP contribution in [0.2, 0.25) is 0 Å². The van der Waals surface area contributed by atoms with Gasteiger partial charge < -0.3 is 10.1 Å². The van der Waals surface area contributed by atoms with Gasteiger partial charge in [-0.1, -0.05) is 6.58 Å². The fourth-order valence-corrected chi connectivity index (χ4v) is 3.08. The number of nitrogens with two attached hydrogens (primary N) is 1. The first-order chi connectivity index (χ1) is 12.9. The molecule has 0 fully saturated rings. The second kappa shape index (κ2) is 6.04. The average molecular weight is 366 g/mol. The molecule has 0 saturated carbocycles. The van der Waals surface area contributed by atoms with Gasteiger partial charge in [-0.3, -0.25) is 9.78 Å². The van der Waals surface area contributed by atoms with E-state index in [0.29, 0.717) is 29.6 Å². The van der Waals surface area contributed by atoms with Gasteiger partial charge in [-0.2, -0.15) is 10.2 Å². The summed E-state index contributed by atoms with van der Waals surface area (Å²) in [5, 5.41) is 11.3. The smallest absolute Gasteiger partial charge is 0.183 e. The Hall–Kier alpha value is -3.49. The number of hydrogen-bond acceptors (Lipinski definition) is 5. The van der Waals surface area contributed by atoms with Crippen molar-refractivity contribution in [2.45, 2.75) is 27.3 Å². The molecule has 27 heavy (non-hydrogen) atoms. The van der Waals surface area contributed by atoms with E-state index >= 15 is 0 Å². The number of pyridine rings is 1. The van der Waals surface area contributed by atoms with Gasteiger partial charge in [0.25, 0.3) is 0 Å². The molecule has 4 rings (SSSR count). The molecule has 0 aliphatic heterocycles. The van der Waals surface area contributed by atoms with Crippen LogP contribution in [0.5, 0.6) is 0 Å². The number of rotatable bonds is 4. The van der Waals surface area contributed by atoms with Crippen molar-refractivity contribution in [2.24, 2.45) is 5.73 Å². The topological polar surface area (TPSA) is 103 Å². The summed E-state index contributed by atoms with van der Waals surface area (Å²) in [7, 11) is 0. The molecule has 0 aliphatic rings. The molecule has 0 aromatic carbocycles. The van der Waals surface area contributed by atoms with Crippen molar-refractivity contribution in [2.75, 3.05) is 0 Å². The third kappa shape index (κ3) is 2.59. The Labute approximate surface area is 154 Å². The van der Waals surface area contributed by atoms with E-state index in [9.17, 15) is 4.39 Å². The first-order valence-electron chi connectivity index (χ1n) is 8.49. The average Bonchev–Trinajstić information content (AvgIpc) is 3.33. The van der Waals surface area contributed by atoms with Gasteiger partial charge in [-0.25, -0.2) is 14.4 Å². The van der Waals surface area contributed by atoms with E-state index in [1.165, 1.54) is 0 Å². The number of aryl methyl sites for hydroxylation is 3. The van der Waals surface area contributed by atoms with Crippen LogP contribution in [0.4, 0.5) is 4.39 Å². The molecule has 0 aliphatic carbocycles. The molecular weight excluding hydrogens is 347 g/mol. The van der Waals surface area contributed by atoms with Crippen molar-refractivity contribution in [3.8, 4) is 22.9 Å². The number of hydrogen-bond donors (Lipinski definition) is 2. The molecule has 0 atom stereocenters. The molecule has 0 saturated heterocycles. The summed E-state index contributed by atoms with van der Waals surface area (Å²) in [5.41, 5.74) is 9.21. The van der Waals surface area contributed by atoms with Crippen LogP contribution in [0, 0.1) is 19.7 Å². The second-order valence-electron chi connectivity index (χ2n) is 6.30. The number of aromatic amines is 1. The Bertz CT molecular complexity index is 1180. The Morgan fingerprint density at radius 2 is 2.15 bits per heavy atom. The zero-order valence-corrected chi connectivity index (χ0v) is 15.3. The van der Waals surface area contributed by atoms with E-state index in [0.717, 1.165) is 22.5 Å². The highest BCUT2D eigenvalue weighted by atomic mass is 19.1. The highest BCUT2D eigenvalue weighted by Gasteiger charge is 2.21. The molecule has 8 nitrogen and oxygen atoms in total. The van der Waals surface area contributed by atoms with Gasteiger partial charge >= 0.3 is 0 Å². The quantitative estimate of drug-likeness (QED) is 0.578. The standard InChI is InChI=1S/C18H19FN8/c1-5-27-16(15(19)10(3)25-27)18-22-17(23-24-18)13-6-12(9(2)20)8-26-11(4)21-7-14(13)26/h6-8H,2,5,20H2,1,3-4H3,(H,22,23,24). The highest BCUT2D eigenvalue weighted by Crippen LogP contribution is 2.28. The molecule has 0 unspecified atom stereocenters. The molecule has 0 amide bonds. The van der Waals surface area contributed by atoms with Crippen LogP contribution in [0.25, 0.3) is 34.1 Å². The molecule has 0 spiro atoms. The van der Waals surface area contributed by atoms with E-state index in [1.807, 2.05) is 30.5 Å². The molecular formula is C18H19FN8. The highest BCUT2D eigenvalue weighted by molar-refractivity contribution is 5.80. The van der Waals surface area contributed by atoms with E-state index in [-0.39, 0.29) is 5.69 Å². The van der Waals surface area contributed by atoms with E-state index in [1.54, 1.807) is 17.8 Å². The summed E-state index contributed by atoms with van der Waals surface area (Å²) < 4.78 is 18.0. The molecule has 4 aromatic rings. The van der Waals surface area contributed by atoms with Gasteiger partial charge in [0.15, 0.2) is 17.5 Å². The summed E-state index contributed by atoms with van der Waals surface area (Å²) in [4.78, 5) is 8.86. The van der Waals surface area contributed by atoms with Crippen LogP contribution in [-0.4, -0.2) is 34.3 Å². The van der Waals surface area contributed by atoms with Crippen LogP contribution in [-0.2, 0) is 6.54 Å². The zero-order chi connectivity index (χ0) is 19.3. The lowest BCUT2D eigenvalue weighted by Gasteiger charge is -2.07. The first-order valence-corrected chi connectivity index (χ1v) is 8.49. The van der Waals surface area contributed by atoms with Crippen molar-refractivity contribution in [1.29, 1.82) is 0 Å². The van der Waals surface area contributed by atoms with E-state index < -0.39 is 5.82 Å². The minimum Gasteiger partial charge on any atom is -0.399 e. The lowest BCUT2D eigenvalue weighted by molar-refractivity contribution is 0.616. The number of fused-ring (bicyclic) bond motifs is 1. The van der Waals surface area contributed by atoms with Gasteiger partial charge in [0.05, 0.1) is 17.4 Å². The van der Waals surface area contributed by atoms with Crippen LogP contribution >= 0.6 is 0 Å². The van der Waals surface area contributed by atoms with Crippen LogP contribution in [0.1, 0.15) is 24.0 Å². The third-order valence-electron chi connectivity index (χ3n) is 4.50. The van der Waals surface area contributed by atoms with E-state index in [2.05, 4.69) is 31.8 Å². The molecule has 0 bridgehead atoms.